The average molecular weight is 373 g/mol. The maximum atomic E-state index is 12.3. The van der Waals surface area contributed by atoms with Crippen molar-refractivity contribution in [2.45, 2.75) is 25.4 Å². The summed E-state index contributed by atoms with van der Waals surface area (Å²) < 4.78 is 23.1. The highest BCUT2D eigenvalue weighted by atomic mass is 32.2. The van der Waals surface area contributed by atoms with E-state index in [2.05, 4.69) is 41.7 Å². The molecule has 0 bridgehead atoms. The van der Waals surface area contributed by atoms with Crippen LogP contribution in [0.4, 0.5) is 0 Å². The molecule has 1 saturated heterocycles. The van der Waals surface area contributed by atoms with Gasteiger partial charge in [0.1, 0.15) is 6.04 Å². The molecule has 0 aliphatic carbocycles. The van der Waals surface area contributed by atoms with Crippen LogP contribution in [0.1, 0.15) is 29.2 Å². The number of nitrogens with one attached hydrogen (secondary N) is 1. The fourth-order valence-electron chi connectivity index (χ4n) is 3.32. The highest BCUT2D eigenvalue weighted by molar-refractivity contribution is 7.91. The lowest BCUT2D eigenvalue weighted by Gasteiger charge is -2.17. The van der Waals surface area contributed by atoms with Gasteiger partial charge in [-0.25, -0.2) is 8.42 Å². The molecule has 0 radical (unpaired) electrons. The van der Waals surface area contributed by atoms with E-state index in [-0.39, 0.29) is 36.0 Å². The second-order valence-corrected chi connectivity index (χ2v) is 9.14. The van der Waals surface area contributed by atoms with Crippen molar-refractivity contribution < 1.29 is 18.5 Å². The third kappa shape index (κ3) is 4.93. The van der Waals surface area contributed by atoms with E-state index in [1.54, 1.807) is 0 Å². The van der Waals surface area contributed by atoms with Crippen molar-refractivity contribution in [2.75, 3.05) is 18.1 Å². The molecule has 2 atom stereocenters. The van der Waals surface area contributed by atoms with Gasteiger partial charge in [-0.1, -0.05) is 60.2 Å². The summed E-state index contributed by atoms with van der Waals surface area (Å²) in [6.07, 6.45) is 0.508. The van der Waals surface area contributed by atoms with Crippen LogP contribution in [0.2, 0.25) is 0 Å². The van der Waals surface area contributed by atoms with Crippen molar-refractivity contribution in [3.8, 4) is 0 Å². The van der Waals surface area contributed by atoms with Gasteiger partial charge in [0, 0.05) is 17.2 Å². The normalized spacial score (nSPS) is 19.8. The number of rotatable bonds is 6. The first-order valence-electron chi connectivity index (χ1n) is 8.87. The van der Waals surface area contributed by atoms with Crippen LogP contribution in [-0.2, 0) is 14.6 Å². The summed E-state index contributed by atoms with van der Waals surface area (Å²) in [7, 11) is -2.99. The predicted octanol–water partition coefficient (Wildman–Crippen LogP) is 0.951. The highest BCUT2D eigenvalue weighted by Crippen LogP contribution is 2.18. The van der Waals surface area contributed by atoms with E-state index in [9.17, 15) is 13.2 Å². The largest absolute Gasteiger partial charge is 0.347 e. The van der Waals surface area contributed by atoms with E-state index in [1.165, 1.54) is 5.56 Å². The fourth-order valence-corrected chi connectivity index (χ4v) is 4.99. The summed E-state index contributed by atoms with van der Waals surface area (Å²) in [6, 6.07) is 18.2. The topological polar surface area (TPSA) is 79.8 Å². The van der Waals surface area contributed by atoms with Gasteiger partial charge in [0.15, 0.2) is 16.4 Å². The van der Waals surface area contributed by atoms with Crippen molar-refractivity contribution in [3.63, 3.8) is 0 Å². The minimum absolute atomic E-state index is 0.0230. The zero-order valence-electron chi connectivity index (χ0n) is 14.9. The first kappa shape index (κ1) is 18.6. The molecule has 2 aromatic rings. The first-order valence-corrected chi connectivity index (χ1v) is 10.7. The number of quaternary nitrogens is 1. The number of carbonyl (C=O) groups is 1. The van der Waals surface area contributed by atoms with E-state index in [4.69, 9.17) is 0 Å². The molecule has 1 fully saturated rings. The van der Waals surface area contributed by atoms with Crippen LogP contribution in [0, 0.1) is 6.92 Å². The lowest BCUT2D eigenvalue weighted by molar-refractivity contribution is -0.676. The number of nitrogens with two attached hydrogens (primary N) is 1. The van der Waals surface area contributed by atoms with Gasteiger partial charge in [0.25, 0.3) is 5.91 Å². The predicted molar refractivity (Wildman–Crippen MR) is 101 cm³/mol. The smallest absolute Gasteiger partial charge is 0.275 e. The van der Waals surface area contributed by atoms with Crippen LogP contribution in [0.5, 0.6) is 0 Å². The second-order valence-electron chi connectivity index (χ2n) is 6.91. The lowest BCUT2D eigenvalue weighted by atomic mass is 9.98. The molecule has 0 saturated carbocycles. The summed E-state index contributed by atoms with van der Waals surface area (Å²) in [5, 5.41) is 4.85. The molecule has 0 unspecified atom stereocenters. The lowest BCUT2D eigenvalue weighted by Crippen LogP contribution is -2.88. The minimum atomic E-state index is -2.99. The Hall–Kier alpha value is -2.18. The van der Waals surface area contributed by atoms with Gasteiger partial charge in [-0.15, -0.1) is 0 Å². The third-order valence-corrected chi connectivity index (χ3v) is 6.50. The third-order valence-electron chi connectivity index (χ3n) is 4.73. The number of carbonyl (C=O) groups excluding carboxylic acids is 1. The van der Waals surface area contributed by atoms with Crippen LogP contribution >= 0.6 is 0 Å². The summed E-state index contributed by atoms with van der Waals surface area (Å²) in [4.78, 5) is 12.3. The van der Waals surface area contributed by atoms with Gasteiger partial charge in [-0.2, -0.15) is 0 Å². The van der Waals surface area contributed by atoms with E-state index >= 15 is 0 Å². The fraction of sp³-hybridized carbons (Fsp3) is 0.350. The molecule has 138 valence electrons. The molecular formula is C20H25N2O3S+. The Morgan fingerprint density at radius 3 is 2.38 bits per heavy atom. The Morgan fingerprint density at radius 1 is 1.12 bits per heavy atom. The number of aryl methyl sites for hydroxylation is 1. The molecule has 0 spiro atoms. The van der Waals surface area contributed by atoms with Crippen molar-refractivity contribution in [1.29, 1.82) is 0 Å². The van der Waals surface area contributed by atoms with Crippen molar-refractivity contribution in [3.05, 3.63) is 71.3 Å². The van der Waals surface area contributed by atoms with E-state index in [0.29, 0.717) is 6.42 Å². The zero-order valence-corrected chi connectivity index (χ0v) is 15.7. The summed E-state index contributed by atoms with van der Waals surface area (Å²) in [5.41, 5.74) is 3.46. The summed E-state index contributed by atoms with van der Waals surface area (Å²) >= 11 is 0. The quantitative estimate of drug-likeness (QED) is 0.791. The summed E-state index contributed by atoms with van der Waals surface area (Å²) in [5.74, 6) is 0.0939. The molecule has 1 aliphatic heterocycles. The molecule has 3 rings (SSSR count). The SMILES string of the molecule is Cc1ccc([C@H]([NH2+]CC(=O)N[C@@H]2CCS(=O)(=O)C2)c2ccccc2)cc1. The number of sulfone groups is 1. The van der Waals surface area contributed by atoms with E-state index in [0.717, 1.165) is 11.1 Å². The molecule has 5 nitrogen and oxygen atoms in total. The Bertz CT molecular complexity index is 848. The molecule has 1 amide bonds. The molecule has 6 heteroatoms. The van der Waals surface area contributed by atoms with Crippen molar-refractivity contribution >= 4 is 15.7 Å². The number of amides is 1. The average Bonchev–Trinajstić information content (AvgIpc) is 2.96. The minimum Gasteiger partial charge on any atom is -0.347 e. The molecule has 26 heavy (non-hydrogen) atoms. The second kappa shape index (κ2) is 8.01. The van der Waals surface area contributed by atoms with Crippen molar-refractivity contribution in [1.82, 2.24) is 5.32 Å². The number of hydrogen-bond acceptors (Lipinski definition) is 3. The maximum absolute atomic E-state index is 12.3. The monoisotopic (exact) mass is 373 g/mol. The van der Waals surface area contributed by atoms with E-state index in [1.807, 2.05) is 30.4 Å². The summed E-state index contributed by atoms with van der Waals surface area (Å²) in [6.45, 7) is 2.30. The standard InChI is InChI=1S/C20H24N2O3S/c1-15-7-9-17(10-8-15)20(16-5-3-2-4-6-16)21-13-19(23)22-18-11-12-26(24,25)14-18/h2-10,18,20-21H,11-14H2,1H3,(H,22,23)/p+1/t18-,20-/m1/s1. The van der Waals surface area contributed by atoms with Crippen LogP contribution in [-0.4, -0.2) is 38.4 Å². The van der Waals surface area contributed by atoms with Gasteiger partial charge < -0.3 is 10.6 Å². The van der Waals surface area contributed by atoms with Gasteiger partial charge >= 0.3 is 0 Å². The van der Waals surface area contributed by atoms with Gasteiger partial charge in [0.2, 0.25) is 0 Å². The Labute approximate surface area is 154 Å². The van der Waals surface area contributed by atoms with Crippen LogP contribution < -0.4 is 10.6 Å². The van der Waals surface area contributed by atoms with Crippen LogP contribution in [0.25, 0.3) is 0 Å². The highest BCUT2D eigenvalue weighted by Gasteiger charge is 2.29. The molecular weight excluding hydrogens is 348 g/mol. The van der Waals surface area contributed by atoms with Crippen molar-refractivity contribution in [2.24, 2.45) is 0 Å². The molecule has 2 aromatic carbocycles. The van der Waals surface area contributed by atoms with Crippen LogP contribution in [0.3, 0.4) is 0 Å². The number of hydrogen-bond donors (Lipinski definition) is 2. The van der Waals surface area contributed by atoms with Crippen LogP contribution in [0.15, 0.2) is 54.6 Å². The molecule has 1 heterocycles. The first-order chi connectivity index (χ1) is 12.4. The maximum Gasteiger partial charge on any atom is 0.275 e. The Morgan fingerprint density at radius 2 is 1.77 bits per heavy atom. The molecule has 0 aromatic heterocycles. The molecule has 3 N–H and O–H groups in total. The molecule has 1 aliphatic rings. The zero-order chi connectivity index (χ0) is 18.6. The van der Waals surface area contributed by atoms with E-state index < -0.39 is 9.84 Å². The van der Waals surface area contributed by atoms with Gasteiger partial charge in [0.05, 0.1) is 11.5 Å². The Kier molecular flexibility index (Phi) is 5.74. The Balaban J connectivity index is 1.66. The van der Waals surface area contributed by atoms with Gasteiger partial charge in [-0.05, 0) is 13.3 Å². The number of benzene rings is 2. The van der Waals surface area contributed by atoms with Gasteiger partial charge in [-0.3, -0.25) is 4.79 Å².